The maximum Gasteiger partial charge on any atom is 0.290 e. The summed E-state index contributed by atoms with van der Waals surface area (Å²) in [6.45, 7) is 0.436. The molecule has 4 aromatic rings. The zero-order valence-corrected chi connectivity index (χ0v) is 18.1. The molecule has 0 unspecified atom stereocenters. The predicted molar refractivity (Wildman–Crippen MR) is 124 cm³/mol. The van der Waals surface area contributed by atoms with E-state index in [0.717, 1.165) is 16.9 Å². The van der Waals surface area contributed by atoms with E-state index < -0.39 is 6.04 Å². The summed E-state index contributed by atoms with van der Waals surface area (Å²) in [5, 5.41) is 0.823. The Bertz CT molecular complexity index is 1360. The molecule has 1 aliphatic rings. The Balaban J connectivity index is 1.59. The highest BCUT2D eigenvalue weighted by Crippen LogP contribution is 2.38. The van der Waals surface area contributed by atoms with Gasteiger partial charge in [-0.15, -0.1) is 0 Å². The number of hydrogen-bond donors (Lipinski definition) is 0. The van der Waals surface area contributed by atoms with Gasteiger partial charge in [0.2, 0.25) is 5.76 Å². The fraction of sp³-hybridized carbons (Fsp3) is 0.154. The topological polar surface area (TPSA) is 59.8 Å². The third-order valence-corrected chi connectivity index (χ3v) is 6.08. The molecule has 1 amide bonds. The maximum atomic E-state index is 13.5. The van der Waals surface area contributed by atoms with E-state index in [0.29, 0.717) is 34.5 Å². The number of methoxy groups -OCH3 is 1. The second-order valence-electron chi connectivity index (χ2n) is 7.72. The van der Waals surface area contributed by atoms with Crippen molar-refractivity contribution in [2.75, 3.05) is 13.7 Å². The molecular formula is C26H20ClNO4. The number of fused-ring (bicyclic) bond motifs is 2. The van der Waals surface area contributed by atoms with Gasteiger partial charge in [-0.2, -0.15) is 0 Å². The van der Waals surface area contributed by atoms with Crippen LogP contribution >= 0.6 is 11.6 Å². The van der Waals surface area contributed by atoms with Gasteiger partial charge < -0.3 is 14.1 Å². The number of ether oxygens (including phenoxy) is 1. The minimum atomic E-state index is -0.517. The Morgan fingerprint density at radius 1 is 1.00 bits per heavy atom. The van der Waals surface area contributed by atoms with E-state index in [1.165, 1.54) is 0 Å². The molecule has 160 valence electrons. The van der Waals surface area contributed by atoms with E-state index in [1.807, 2.05) is 54.6 Å². The summed E-state index contributed by atoms with van der Waals surface area (Å²) in [4.78, 5) is 28.6. The first-order valence-electron chi connectivity index (χ1n) is 10.3. The second-order valence-corrected chi connectivity index (χ2v) is 8.16. The van der Waals surface area contributed by atoms with E-state index in [-0.39, 0.29) is 17.1 Å². The highest BCUT2D eigenvalue weighted by atomic mass is 35.5. The molecule has 5 rings (SSSR count). The highest BCUT2D eigenvalue weighted by Gasteiger charge is 2.42. The molecule has 0 radical (unpaired) electrons. The number of carbonyl (C=O) groups excluding carboxylic acids is 1. The quantitative estimate of drug-likeness (QED) is 0.421. The Labute approximate surface area is 189 Å². The molecule has 1 aliphatic heterocycles. The van der Waals surface area contributed by atoms with Crippen LogP contribution in [0.5, 0.6) is 5.75 Å². The van der Waals surface area contributed by atoms with Gasteiger partial charge in [0.25, 0.3) is 5.91 Å². The predicted octanol–water partition coefficient (Wildman–Crippen LogP) is 5.24. The van der Waals surface area contributed by atoms with Crippen LogP contribution in [0, 0.1) is 0 Å². The lowest BCUT2D eigenvalue weighted by Gasteiger charge is -2.25. The average Bonchev–Trinajstić information content (AvgIpc) is 3.11. The Morgan fingerprint density at radius 2 is 1.75 bits per heavy atom. The molecule has 0 saturated heterocycles. The van der Waals surface area contributed by atoms with Crippen LogP contribution in [-0.2, 0) is 6.42 Å². The average molecular weight is 446 g/mol. The molecule has 0 N–H and O–H groups in total. The third kappa shape index (κ3) is 3.45. The summed E-state index contributed by atoms with van der Waals surface area (Å²) in [6.07, 6.45) is 0.632. The lowest BCUT2D eigenvalue weighted by molar-refractivity contribution is 0.0730. The van der Waals surface area contributed by atoms with E-state index >= 15 is 0 Å². The van der Waals surface area contributed by atoms with Crippen LogP contribution in [0.4, 0.5) is 0 Å². The minimum Gasteiger partial charge on any atom is -0.497 e. The van der Waals surface area contributed by atoms with E-state index in [2.05, 4.69) is 0 Å². The summed E-state index contributed by atoms with van der Waals surface area (Å²) in [5.74, 6) is 0.602. The van der Waals surface area contributed by atoms with Gasteiger partial charge in [0.15, 0.2) is 5.43 Å². The van der Waals surface area contributed by atoms with Crippen LogP contribution in [0.1, 0.15) is 33.3 Å². The molecule has 1 aromatic heterocycles. The van der Waals surface area contributed by atoms with Crippen LogP contribution in [0.3, 0.4) is 0 Å². The summed E-state index contributed by atoms with van der Waals surface area (Å²) in [7, 11) is 1.63. The van der Waals surface area contributed by atoms with Crippen molar-refractivity contribution in [2.24, 2.45) is 0 Å². The van der Waals surface area contributed by atoms with Crippen LogP contribution in [0.25, 0.3) is 11.0 Å². The SMILES string of the molecule is COc1ccc(CCN2C(=O)c3oc4ccc(Cl)cc4c(=O)c3[C@@H]2c2ccccc2)cc1. The number of hydrogen-bond acceptors (Lipinski definition) is 4. The molecule has 0 bridgehead atoms. The number of amides is 1. The van der Waals surface area contributed by atoms with Crippen LogP contribution in [0.15, 0.2) is 82.0 Å². The lowest BCUT2D eigenvalue weighted by atomic mass is 9.98. The van der Waals surface area contributed by atoms with Gasteiger partial charge in [-0.1, -0.05) is 54.1 Å². The molecule has 6 heteroatoms. The minimum absolute atomic E-state index is 0.105. The molecule has 5 nitrogen and oxygen atoms in total. The van der Waals surface area contributed by atoms with E-state index in [9.17, 15) is 9.59 Å². The number of benzene rings is 3. The standard InChI is InChI=1S/C26H20ClNO4/c1-31-19-10-7-16(8-11-19)13-14-28-23(17-5-3-2-4-6-17)22-24(29)20-15-18(27)9-12-21(20)32-25(22)26(28)30/h2-12,15,23H,13-14H2,1H3/t23-/m0/s1. The van der Waals surface area contributed by atoms with Gasteiger partial charge in [0, 0.05) is 11.6 Å². The maximum absolute atomic E-state index is 13.5. The highest BCUT2D eigenvalue weighted by molar-refractivity contribution is 6.31. The van der Waals surface area contributed by atoms with E-state index in [4.69, 9.17) is 20.8 Å². The van der Waals surface area contributed by atoms with Crippen LogP contribution < -0.4 is 10.2 Å². The van der Waals surface area contributed by atoms with E-state index in [1.54, 1.807) is 30.2 Å². The van der Waals surface area contributed by atoms with Crippen molar-refractivity contribution in [3.63, 3.8) is 0 Å². The summed E-state index contributed by atoms with van der Waals surface area (Å²) in [6, 6.07) is 21.7. The van der Waals surface area contributed by atoms with Crippen molar-refractivity contribution in [1.29, 1.82) is 0 Å². The fourth-order valence-corrected chi connectivity index (χ4v) is 4.42. The van der Waals surface area contributed by atoms with Gasteiger partial charge in [-0.3, -0.25) is 9.59 Å². The molecule has 0 fully saturated rings. The number of nitrogens with zero attached hydrogens (tertiary/aromatic N) is 1. The second kappa shape index (κ2) is 8.17. The van der Waals surface area contributed by atoms with Crippen LogP contribution in [-0.4, -0.2) is 24.5 Å². The molecule has 2 heterocycles. The first-order chi connectivity index (χ1) is 15.6. The largest absolute Gasteiger partial charge is 0.497 e. The third-order valence-electron chi connectivity index (χ3n) is 5.84. The van der Waals surface area contributed by atoms with Gasteiger partial charge in [-0.25, -0.2) is 0 Å². The van der Waals surface area contributed by atoms with Gasteiger partial charge in [-0.05, 0) is 47.9 Å². The first kappa shape index (κ1) is 20.3. The Hall–Kier alpha value is -3.57. The van der Waals surface area contributed by atoms with Crippen molar-refractivity contribution in [1.82, 2.24) is 4.90 Å². The Kier molecular flexibility index (Phi) is 5.19. The summed E-state index contributed by atoms with van der Waals surface area (Å²) >= 11 is 6.12. The van der Waals surface area contributed by atoms with Crippen molar-refractivity contribution in [3.05, 3.63) is 110 Å². The fourth-order valence-electron chi connectivity index (χ4n) is 4.25. The van der Waals surface area contributed by atoms with Crippen molar-refractivity contribution in [3.8, 4) is 5.75 Å². The smallest absolute Gasteiger partial charge is 0.290 e. The van der Waals surface area contributed by atoms with Crippen LogP contribution in [0.2, 0.25) is 5.02 Å². The monoisotopic (exact) mass is 445 g/mol. The molecule has 0 spiro atoms. The zero-order chi connectivity index (χ0) is 22.2. The number of halogens is 1. The van der Waals surface area contributed by atoms with Gasteiger partial charge in [0.05, 0.1) is 24.1 Å². The Morgan fingerprint density at radius 3 is 2.47 bits per heavy atom. The normalized spacial score (nSPS) is 15.2. The summed E-state index contributed by atoms with van der Waals surface area (Å²) in [5.41, 5.74) is 2.43. The molecule has 0 saturated carbocycles. The van der Waals surface area contributed by atoms with Crippen molar-refractivity contribution in [2.45, 2.75) is 12.5 Å². The summed E-state index contributed by atoms with van der Waals surface area (Å²) < 4.78 is 11.2. The number of carbonyl (C=O) groups is 1. The molecule has 1 atom stereocenters. The van der Waals surface area contributed by atoms with Crippen molar-refractivity contribution >= 4 is 28.5 Å². The zero-order valence-electron chi connectivity index (χ0n) is 17.4. The number of rotatable bonds is 5. The molecular weight excluding hydrogens is 426 g/mol. The first-order valence-corrected chi connectivity index (χ1v) is 10.7. The molecule has 3 aromatic carbocycles. The molecule has 0 aliphatic carbocycles. The van der Waals surface area contributed by atoms with Crippen molar-refractivity contribution < 1.29 is 13.9 Å². The van der Waals surface area contributed by atoms with Gasteiger partial charge in [0.1, 0.15) is 11.3 Å². The van der Waals surface area contributed by atoms with Gasteiger partial charge >= 0.3 is 0 Å². The lowest BCUT2D eigenvalue weighted by Crippen LogP contribution is -2.31. The molecule has 32 heavy (non-hydrogen) atoms.